The lowest BCUT2D eigenvalue weighted by atomic mass is 9.82. The Morgan fingerprint density at radius 1 is 0.878 bits per heavy atom. The zero-order valence-electron chi connectivity index (χ0n) is 29.9. The van der Waals surface area contributed by atoms with Crippen molar-refractivity contribution in [2.24, 2.45) is 30.2 Å². The van der Waals surface area contributed by atoms with Gasteiger partial charge in [0.25, 0.3) is 11.8 Å². The van der Waals surface area contributed by atoms with Gasteiger partial charge >= 0.3 is 0 Å². The monoisotopic (exact) mass is 683 g/mol. The van der Waals surface area contributed by atoms with Gasteiger partial charge in [0.1, 0.15) is 12.1 Å². The van der Waals surface area contributed by atoms with E-state index in [1.807, 2.05) is 27.7 Å². The van der Waals surface area contributed by atoms with Crippen LogP contribution in [0.2, 0.25) is 0 Å². The van der Waals surface area contributed by atoms with Crippen LogP contribution in [0, 0.1) is 23.2 Å². The van der Waals surface area contributed by atoms with E-state index in [4.69, 9.17) is 0 Å². The summed E-state index contributed by atoms with van der Waals surface area (Å²) in [4.78, 5) is 83.1. The Bertz CT molecular complexity index is 1340. The Balaban J connectivity index is 1.35. The summed E-state index contributed by atoms with van der Waals surface area (Å²) in [6.07, 6.45) is 13.4. The molecule has 5 amide bonds. The van der Waals surface area contributed by atoms with Gasteiger partial charge in [-0.3, -0.25) is 28.8 Å². The van der Waals surface area contributed by atoms with E-state index >= 15 is 0 Å². The van der Waals surface area contributed by atoms with E-state index in [0.717, 1.165) is 64.2 Å². The van der Waals surface area contributed by atoms with E-state index < -0.39 is 41.1 Å². The summed E-state index contributed by atoms with van der Waals surface area (Å²) < 4.78 is 1.61. The molecule has 1 aromatic rings. The number of aromatic nitrogens is 2. The summed E-state index contributed by atoms with van der Waals surface area (Å²) in [5.74, 6) is -2.41. The van der Waals surface area contributed by atoms with Crippen molar-refractivity contribution in [3.05, 3.63) is 18.2 Å². The van der Waals surface area contributed by atoms with Crippen molar-refractivity contribution in [2.45, 2.75) is 135 Å². The molecule has 5 N–H and O–H groups in total. The third-order valence-corrected chi connectivity index (χ3v) is 10.3. The number of imidazole rings is 1. The minimum absolute atomic E-state index is 0.0117. The van der Waals surface area contributed by atoms with E-state index in [0.29, 0.717) is 19.4 Å². The molecule has 0 bridgehead atoms. The lowest BCUT2D eigenvalue weighted by Crippen LogP contribution is -2.60. The first-order chi connectivity index (χ1) is 23.3. The van der Waals surface area contributed by atoms with Crippen molar-refractivity contribution in [3.63, 3.8) is 0 Å². The number of amides is 5. The quantitative estimate of drug-likeness (QED) is 0.166. The van der Waals surface area contributed by atoms with Crippen molar-refractivity contribution in [1.29, 1.82) is 0 Å². The zero-order chi connectivity index (χ0) is 35.7. The molecule has 272 valence electrons. The highest BCUT2D eigenvalue weighted by Crippen LogP contribution is 2.34. The van der Waals surface area contributed by atoms with Crippen LogP contribution in [-0.4, -0.2) is 75.6 Å². The molecular weight excluding hydrogens is 626 g/mol. The first-order valence-corrected chi connectivity index (χ1v) is 18.3. The normalized spacial score (nSPS) is 21.6. The fourth-order valence-corrected chi connectivity index (χ4v) is 7.24. The van der Waals surface area contributed by atoms with E-state index in [-0.39, 0.29) is 53.8 Å². The average Bonchev–Trinajstić information content (AvgIpc) is 3.59. The molecule has 49 heavy (non-hydrogen) atoms. The van der Waals surface area contributed by atoms with Crippen LogP contribution < -0.4 is 26.6 Å². The molecule has 13 heteroatoms. The summed E-state index contributed by atoms with van der Waals surface area (Å²) in [7, 11) is 1.72. The molecule has 0 unspecified atom stereocenters. The minimum atomic E-state index is -0.859. The maximum Gasteiger partial charge on any atom is 0.289 e. The van der Waals surface area contributed by atoms with Gasteiger partial charge in [-0.15, -0.1) is 0 Å². The number of nitrogens with one attached hydrogen (secondary N) is 5. The van der Waals surface area contributed by atoms with Gasteiger partial charge in [0.15, 0.2) is 5.82 Å². The second-order valence-corrected chi connectivity index (χ2v) is 15.4. The number of nitrogens with zero attached hydrogens (tertiary/aromatic N) is 2. The third kappa shape index (κ3) is 10.9. The van der Waals surface area contributed by atoms with E-state index in [1.165, 1.54) is 6.20 Å². The Labute approximate surface area is 290 Å². The molecule has 0 spiro atoms. The molecule has 13 nitrogen and oxygen atoms in total. The highest BCUT2D eigenvalue weighted by atomic mass is 16.2. The Kier molecular flexibility index (Phi) is 13.4. The van der Waals surface area contributed by atoms with Crippen molar-refractivity contribution in [1.82, 2.24) is 36.1 Å². The van der Waals surface area contributed by atoms with Gasteiger partial charge in [0.2, 0.25) is 23.5 Å². The predicted octanol–water partition coefficient (Wildman–Crippen LogP) is 2.68. The maximum absolute atomic E-state index is 13.9. The van der Waals surface area contributed by atoms with Crippen LogP contribution in [0.25, 0.3) is 0 Å². The Morgan fingerprint density at radius 3 is 2.18 bits per heavy atom. The van der Waals surface area contributed by atoms with Gasteiger partial charge in [-0.05, 0) is 68.1 Å². The second kappa shape index (κ2) is 17.2. The highest BCUT2D eigenvalue weighted by Gasteiger charge is 2.39. The lowest BCUT2D eigenvalue weighted by molar-refractivity contribution is -0.140. The number of Topliss-reactive ketones (excluding diaryl/α,β-unsaturated/α-hetero) is 1. The highest BCUT2D eigenvalue weighted by molar-refractivity contribution is 6.38. The minimum Gasteiger partial charge on any atom is -0.354 e. The van der Waals surface area contributed by atoms with E-state index in [9.17, 15) is 28.8 Å². The SMILES string of the molecule is CCC[C@H](NC(=O)C[C@H]1CCC[C@H]1CNC(=O)[C@@H](NC(=O)[C@@H](NC(=O)c1nccn1C)C1CCCCC1)C(C)(C)C)C(=O)C(=O)NC1CC1. The maximum atomic E-state index is 13.9. The molecule has 0 radical (unpaired) electrons. The second-order valence-electron chi connectivity index (χ2n) is 15.4. The summed E-state index contributed by atoms with van der Waals surface area (Å²) in [6.45, 7) is 7.93. The predicted molar refractivity (Wildman–Crippen MR) is 184 cm³/mol. The van der Waals surface area contributed by atoms with Crippen molar-refractivity contribution in [3.8, 4) is 0 Å². The van der Waals surface area contributed by atoms with E-state index in [2.05, 4.69) is 31.6 Å². The van der Waals surface area contributed by atoms with Crippen LogP contribution in [0.5, 0.6) is 0 Å². The van der Waals surface area contributed by atoms with Gasteiger partial charge in [-0.25, -0.2) is 4.98 Å². The average molecular weight is 684 g/mol. The molecule has 1 aromatic heterocycles. The van der Waals surface area contributed by atoms with Gasteiger partial charge in [-0.1, -0.05) is 59.8 Å². The summed E-state index contributed by atoms with van der Waals surface area (Å²) >= 11 is 0. The standard InChI is InChI=1S/C36H57N7O6/c1-6-11-26(29(45)33(47)39-25-16-17-25)40-27(44)20-23-14-10-15-24(23)21-38-34(48)30(36(2,3)4)42-32(46)28(22-12-8-7-9-13-22)41-35(49)31-37-18-19-43(31)5/h18-19,22-26,28,30H,6-17,20-21H2,1-5H3,(H,38,48)(H,39,47)(H,40,44)(H,41,49)(H,42,46)/t23-,24+,26+,28+,30-/m1/s1. The smallest absolute Gasteiger partial charge is 0.289 e. The molecule has 0 saturated heterocycles. The summed E-state index contributed by atoms with van der Waals surface area (Å²) in [5, 5.41) is 14.5. The van der Waals surface area contributed by atoms with Crippen LogP contribution >= 0.6 is 0 Å². The molecule has 3 saturated carbocycles. The molecule has 1 heterocycles. The molecule has 3 aliphatic rings. The number of hydrogen-bond acceptors (Lipinski definition) is 7. The van der Waals surface area contributed by atoms with Crippen LogP contribution in [0.3, 0.4) is 0 Å². The van der Waals surface area contributed by atoms with Crippen molar-refractivity contribution in [2.75, 3.05) is 6.54 Å². The molecule has 0 aromatic carbocycles. The molecule has 5 atom stereocenters. The number of aryl methyl sites for hydroxylation is 1. The molecule has 3 fully saturated rings. The van der Waals surface area contributed by atoms with Crippen LogP contribution in [0.4, 0.5) is 0 Å². The Morgan fingerprint density at radius 2 is 1.57 bits per heavy atom. The third-order valence-electron chi connectivity index (χ3n) is 10.3. The largest absolute Gasteiger partial charge is 0.354 e. The van der Waals surface area contributed by atoms with Crippen LogP contribution in [0.15, 0.2) is 12.4 Å². The number of carbonyl (C=O) groups is 6. The number of ketones is 1. The van der Waals surface area contributed by atoms with Gasteiger partial charge in [-0.2, -0.15) is 0 Å². The Hall–Kier alpha value is -3.77. The van der Waals surface area contributed by atoms with Gasteiger partial charge in [0, 0.05) is 38.4 Å². The van der Waals surface area contributed by atoms with E-state index in [1.54, 1.807) is 17.8 Å². The van der Waals surface area contributed by atoms with Crippen molar-refractivity contribution >= 4 is 35.3 Å². The molecular formula is C36H57N7O6. The zero-order valence-corrected chi connectivity index (χ0v) is 29.9. The number of rotatable bonds is 16. The van der Waals surface area contributed by atoms with Crippen molar-refractivity contribution < 1.29 is 28.8 Å². The fraction of sp³-hybridized carbons (Fsp3) is 0.750. The summed E-state index contributed by atoms with van der Waals surface area (Å²) in [5.41, 5.74) is -0.623. The number of carbonyl (C=O) groups excluding carboxylic acids is 6. The lowest BCUT2D eigenvalue weighted by Gasteiger charge is -2.35. The first kappa shape index (κ1) is 38.0. The van der Waals surface area contributed by atoms with Gasteiger partial charge < -0.3 is 31.2 Å². The molecule has 3 aliphatic carbocycles. The topological polar surface area (TPSA) is 180 Å². The fourth-order valence-electron chi connectivity index (χ4n) is 7.24. The first-order valence-electron chi connectivity index (χ1n) is 18.3. The summed E-state index contributed by atoms with van der Waals surface area (Å²) in [6, 6.07) is -2.45. The van der Waals surface area contributed by atoms with Crippen LogP contribution in [-0.2, 0) is 31.0 Å². The molecule has 0 aliphatic heterocycles. The van der Waals surface area contributed by atoms with Gasteiger partial charge in [0.05, 0.1) is 6.04 Å². The number of hydrogen-bond donors (Lipinski definition) is 5. The van der Waals surface area contributed by atoms with Crippen LogP contribution in [0.1, 0.15) is 122 Å². The molecule has 4 rings (SSSR count).